The van der Waals surface area contributed by atoms with Crippen LogP contribution in [0.1, 0.15) is 23.3 Å². The number of benzene rings is 1. The summed E-state index contributed by atoms with van der Waals surface area (Å²) in [6.07, 6.45) is 6.40. The molecule has 8 nitrogen and oxygen atoms in total. The number of hydrogen-bond acceptors (Lipinski definition) is 6. The number of aromatic amines is 1. The topological polar surface area (TPSA) is 93.2 Å². The summed E-state index contributed by atoms with van der Waals surface area (Å²) in [5.74, 6) is 1.09. The van der Waals surface area contributed by atoms with E-state index in [4.69, 9.17) is 9.47 Å². The maximum absolute atomic E-state index is 12.9. The average molecular weight is 379 g/mol. The van der Waals surface area contributed by atoms with Gasteiger partial charge in [0.05, 0.1) is 25.5 Å². The zero-order chi connectivity index (χ0) is 19.3. The van der Waals surface area contributed by atoms with E-state index in [9.17, 15) is 4.79 Å². The molecule has 0 aliphatic carbocycles. The van der Waals surface area contributed by atoms with Gasteiger partial charge in [0, 0.05) is 24.5 Å². The van der Waals surface area contributed by atoms with Crippen molar-refractivity contribution in [2.45, 2.75) is 18.9 Å². The van der Waals surface area contributed by atoms with Crippen LogP contribution in [0.5, 0.6) is 11.6 Å². The van der Waals surface area contributed by atoms with E-state index >= 15 is 0 Å². The summed E-state index contributed by atoms with van der Waals surface area (Å²) < 4.78 is 11.2. The number of para-hydroxylation sites is 1. The first-order chi connectivity index (χ1) is 13.7. The lowest BCUT2D eigenvalue weighted by molar-refractivity contribution is 0.0521. The maximum atomic E-state index is 12.9. The predicted molar refractivity (Wildman–Crippen MR) is 102 cm³/mol. The smallest absolute Gasteiger partial charge is 0.272 e. The Labute approximate surface area is 162 Å². The zero-order valence-electron chi connectivity index (χ0n) is 15.5. The number of likely N-dealkylation sites (tertiary alicyclic amines) is 1. The van der Waals surface area contributed by atoms with Gasteiger partial charge in [-0.3, -0.25) is 14.9 Å². The van der Waals surface area contributed by atoms with Crippen LogP contribution >= 0.6 is 0 Å². The fraction of sp³-hybridized carbons (Fsp3) is 0.300. The molecular weight excluding hydrogens is 358 g/mol. The molecule has 3 heterocycles. The summed E-state index contributed by atoms with van der Waals surface area (Å²) in [4.78, 5) is 22.9. The van der Waals surface area contributed by atoms with Gasteiger partial charge < -0.3 is 14.4 Å². The Morgan fingerprint density at radius 3 is 3.00 bits per heavy atom. The van der Waals surface area contributed by atoms with Gasteiger partial charge in [0.2, 0.25) is 5.88 Å². The quantitative estimate of drug-likeness (QED) is 0.732. The Morgan fingerprint density at radius 1 is 1.29 bits per heavy atom. The van der Waals surface area contributed by atoms with Gasteiger partial charge in [-0.25, -0.2) is 4.98 Å². The van der Waals surface area contributed by atoms with E-state index in [0.717, 1.165) is 18.4 Å². The van der Waals surface area contributed by atoms with E-state index in [1.54, 1.807) is 36.7 Å². The van der Waals surface area contributed by atoms with E-state index in [0.29, 0.717) is 36.1 Å². The number of piperidine rings is 1. The van der Waals surface area contributed by atoms with Crippen LogP contribution in [0.15, 0.2) is 48.9 Å². The van der Waals surface area contributed by atoms with E-state index in [1.807, 2.05) is 24.3 Å². The number of carbonyl (C=O) groups is 1. The number of ether oxygens (including phenoxy) is 2. The molecule has 1 atom stereocenters. The first kappa shape index (κ1) is 18.0. The zero-order valence-corrected chi connectivity index (χ0v) is 15.5. The van der Waals surface area contributed by atoms with E-state index in [2.05, 4.69) is 20.2 Å². The molecule has 1 aromatic carbocycles. The van der Waals surface area contributed by atoms with Crippen molar-refractivity contribution in [3.05, 3.63) is 54.6 Å². The standard InChI is InChI=1S/C20H21N5O3/c1-27-18-7-3-2-6-15(18)16-11-17(24-23-16)20(26)25-10-4-5-14(13-25)28-19-12-21-8-9-22-19/h2-3,6-9,11-12,14H,4-5,10,13H2,1H3,(H,23,24). The number of methoxy groups -OCH3 is 1. The molecule has 28 heavy (non-hydrogen) atoms. The molecule has 0 spiro atoms. The molecule has 4 rings (SSSR count). The molecule has 1 fully saturated rings. The van der Waals surface area contributed by atoms with Crippen LogP contribution in [-0.4, -0.2) is 57.3 Å². The Kier molecular flexibility index (Phi) is 5.18. The summed E-state index contributed by atoms with van der Waals surface area (Å²) in [7, 11) is 1.61. The molecular formula is C20H21N5O3. The second kappa shape index (κ2) is 8.08. The van der Waals surface area contributed by atoms with Crippen LogP contribution in [0, 0.1) is 0 Å². The first-order valence-corrected chi connectivity index (χ1v) is 9.15. The van der Waals surface area contributed by atoms with Gasteiger partial charge in [-0.1, -0.05) is 12.1 Å². The Hall–Kier alpha value is -3.42. The number of aromatic nitrogens is 4. The van der Waals surface area contributed by atoms with Gasteiger partial charge in [0.25, 0.3) is 5.91 Å². The second-order valence-electron chi connectivity index (χ2n) is 6.54. The van der Waals surface area contributed by atoms with Gasteiger partial charge in [-0.2, -0.15) is 5.10 Å². The normalized spacial score (nSPS) is 16.6. The minimum absolute atomic E-state index is 0.0962. The Balaban J connectivity index is 1.46. The van der Waals surface area contributed by atoms with Gasteiger partial charge in [-0.05, 0) is 31.0 Å². The third kappa shape index (κ3) is 3.80. The van der Waals surface area contributed by atoms with E-state index < -0.39 is 0 Å². The van der Waals surface area contributed by atoms with Crippen molar-refractivity contribution in [2.24, 2.45) is 0 Å². The fourth-order valence-corrected chi connectivity index (χ4v) is 3.33. The lowest BCUT2D eigenvalue weighted by Crippen LogP contribution is -2.44. The van der Waals surface area contributed by atoms with Gasteiger partial charge in [-0.15, -0.1) is 0 Å². The fourth-order valence-electron chi connectivity index (χ4n) is 3.33. The van der Waals surface area contributed by atoms with Crippen molar-refractivity contribution in [3.8, 4) is 22.9 Å². The van der Waals surface area contributed by atoms with Crippen LogP contribution in [0.2, 0.25) is 0 Å². The number of nitrogens with zero attached hydrogens (tertiary/aromatic N) is 4. The van der Waals surface area contributed by atoms with Crippen molar-refractivity contribution >= 4 is 5.91 Å². The van der Waals surface area contributed by atoms with Crippen LogP contribution in [0.25, 0.3) is 11.3 Å². The van der Waals surface area contributed by atoms with E-state index in [1.165, 1.54) is 0 Å². The minimum atomic E-state index is -0.106. The van der Waals surface area contributed by atoms with Crippen molar-refractivity contribution in [2.75, 3.05) is 20.2 Å². The number of nitrogens with one attached hydrogen (secondary N) is 1. The summed E-state index contributed by atoms with van der Waals surface area (Å²) in [6.45, 7) is 1.18. The predicted octanol–water partition coefficient (Wildman–Crippen LogP) is 2.56. The van der Waals surface area contributed by atoms with Crippen molar-refractivity contribution in [1.82, 2.24) is 25.1 Å². The number of hydrogen-bond donors (Lipinski definition) is 1. The highest BCUT2D eigenvalue weighted by molar-refractivity contribution is 5.93. The monoisotopic (exact) mass is 379 g/mol. The number of rotatable bonds is 5. The minimum Gasteiger partial charge on any atom is -0.496 e. The molecule has 144 valence electrons. The van der Waals surface area contributed by atoms with Crippen molar-refractivity contribution in [3.63, 3.8) is 0 Å². The first-order valence-electron chi connectivity index (χ1n) is 9.15. The van der Waals surface area contributed by atoms with E-state index in [-0.39, 0.29) is 12.0 Å². The number of carbonyl (C=O) groups excluding carboxylic acids is 1. The lowest BCUT2D eigenvalue weighted by atomic mass is 10.1. The lowest BCUT2D eigenvalue weighted by Gasteiger charge is -2.32. The molecule has 1 N–H and O–H groups in total. The number of H-pyrrole nitrogens is 1. The molecule has 3 aromatic rings. The highest BCUT2D eigenvalue weighted by Gasteiger charge is 2.27. The molecule has 0 radical (unpaired) electrons. The molecule has 1 amide bonds. The van der Waals surface area contributed by atoms with Crippen molar-refractivity contribution in [1.29, 1.82) is 0 Å². The largest absolute Gasteiger partial charge is 0.496 e. The van der Waals surface area contributed by atoms with Crippen LogP contribution in [0.4, 0.5) is 0 Å². The molecule has 1 saturated heterocycles. The van der Waals surface area contributed by atoms with Crippen molar-refractivity contribution < 1.29 is 14.3 Å². The van der Waals surface area contributed by atoms with Crippen LogP contribution in [0.3, 0.4) is 0 Å². The molecule has 0 saturated carbocycles. The molecule has 1 unspecified atom stereocenters. The SMILES string of the molecule is COc1ccccc1-c1cc(C(=O)N2CCCC(Oc3cnccn3)C2)[nH]n1. The van der Waals surface area contributed by atoms with Gasteiger partial charge in [0.15, 0.2) is 0 Å². The number of amides is 1. The van der Waals surface area contributed by atoms with Gasteiger partial charge >= 0.3 is 0 Å². The molecule has 8 heteroatoms. The average Bonchev–Trinajstić information content (AvgIpc) is 3.24. The highest BCUT2D eigenvalue weighted by atomic mass is 16.5. The summed E-state index contributed by atoms with van der Waals surface area (Å²) >= 11 is 0. The summed E-state index contributed by atoms with van der Waals surface area (Å²) in [5.41, 5.74) is 1.95. The molecule has 1 aliphatic heterocycles. The second-order valence-corrected chi connectivity index (χ2v) is 6.54. The van der Waals surface area contributed by atoms with Crippen LogP contribution in [-0.2, 0) is 0 Å². The highest BCUT2D eigenvalue weighted by Crippen LogP contribution is 2.28. The third-order valence-electron chi connectivity index (χ3n) is 4.68. The maximum Gasteiger partial charge on any atom is 0.272 e. The Morgan fingerprint density at radius 2 is 2.18 bits per heavy atom. The molecule has 1 aliphatic rings. The summed E-state index contributed by atoms with van der Waals surface area (Å²) in [6, 6.07) is 9.34. The van der Waals surface area contributed by atoms with Crippen LogP contribution < -0.4 is 9.47 Å². The Bertz CT molecular complexity index is 944. The molecule has 2 aromatic heterocycles. The van der Waals surface area contributed by atoms with Gasteiger partial charge in [0.1, 0.15) is 17.5 Å². The third-order valence-corrected chi connectivity index (χ3v) is 4.68. The molecule has 0 bridgehead atoms. The summed E-state index contributed by atoms with van der Waals surface area (Å²) in [5, 5.41) is 7.15.